The molecule has 1 saturated carbocycles. The maximum atomic E-state index is 11.4. The van der Waals surface area contributed by atoms with E-state index in [2.05, 4.69) is 5.32 Å². The summed E-state index contributed by atoms with van der Waals surface area (Å²) in [6, 6.07) is 6.68. The van der Waals surface area contributed by atoms with Gasteiger partial charge < -0.3 is 10.4 Å². The average Bonchev–Trinajstić information content (AvgIpc) is 2.61. The maximum absolute atomic E-state index is 11.4. The van der Waals surface area contributed by atoms with Crippen LogP contribution in [0.3, 0.4) is 0 Å². The van der Waals surface area contributed by atoms with Crippen LogP contribution in [0.1, 0.15) is 38.5 Å². The molecule has 20 heavy (non-hydrogen) atoms. The summed E-state index contributed by atoms with van der Waals surface area (Å²) < 4.78 is 22.8. The van der Waals surface area contributed by atoms with E-state index in [-0.39, 0.29) is 0 Å². The standard InChI is InChI=1S/C15H23NO3S/c1-20(18,19)14-8-6-13(7-9-14)16-12-15(17)10-4-2-3-5-11-15/h6-9,16-17H,2-5,10-12H2,1H3. The monoisotopic (exact) mass is 297 g/mol. The molecule has 1 aliphatic carbocycles. The highest BCUT2D eigenvalue weighted by molar-refractivity contribution is 7.90. The Morgan fingerprint density at radius 2 is 1.65 bits per heavy atom. The molecule has 4 nitrogen and oxygen atoms in total. The summed E-state index contributed by atoms with van der Waals surface area (Å²) in [5.74, 6) is 0. The van der Waals surface area contributed by atoms with Crippen LogP contribution in [0, 0.1) is 0 Å². The largest absolute Gasteiger partial charge is 0.388 e. The third kappa shape index (κ3) is 4.21. The number of nitrogens with one attached hydrogen (secondary N) is 1. The highest BCUT2D eigenvalue weighted by Crippen LogP contribution is 2.27. The minimum absolute atomic E-state index is 0.316. The van der Waals surface area contributed by atoms with Crippen LogP contribution in [0.2, 0.25) is 0 Å². The van der Waals surface area contributed by atoms with E-state index in [1.165, 1.54) is 19.1 Å². The summed E-state index contributed by atoms with van der Waals surface area (Å²) in [6.45, 7) is 0.519. The van der Waals surface area contributed by atoms with Crippen molar-refractivity contribution in [2.24, 2.45) is 0 Å². The Balaban J connectivity index is 1.96. The molecule has 5 heteroatoms. The van der Waals surface area contributed by atoms with Crippen LogP contribution < -0.4 is 5.32 Å². The Morgan fingerprint density at radius 3 is 2.15 bits per heavy atom. The zero-order valence-corrected chi connectivity index (χ0v) is 12.7. The summed E-state index contributed by atoms with van der Waals surface area (Å²) in [5, 5.41) is 13.8. The van der Waals surface area contributed by atoms with Gasteiger partial charge in [-0.3, -0.25) is 0 Å². The number of aliphatic hydroxyl groups is 1. The van der Waals surface area contributed by atoms with Gasteiger partial charge in [-0.05, 0) is 37.1 Å². The van der Waals surface area contributed by atoms with Crippen LogP contribution in [0.25, 0.3) is 0 Å². The van der Waals surface area contributed by atoms with Crippen molar-refractivity contribution in [3.8, 4) is 0 Å². The molecule has 0 radical (unpaired) electrons. The van der Waals surface area contributed by atoms with Crippen LogP contribution in [0.15, 0.2) is 29.2 Å². The second-order valence-electron chi connectivity index (χ2n) is 5.79. The van der Waals surface area contributed by atoms with Gasteiger partial charge in [0.15, 0.2) is 9.84 Å². The molecule has 0 aliphatic heterocycles. The summed E-state index contributed by atoms with van der Waals surface area (Å²) >= 11 is 0. The van der Waals surface area contributed by atoms with Crippen LogP contribution in [-0.2, 0) is 9.84 Å². The normalized spacial score (nSPS) is 19.3. The van der Waals surface area contributed by atoms with Crippen molar-refractivity contribution in [3.63, 3.8) is 0 Å². The second-order valence-corrected chi connectivity index (χ2v) is 7.80. The van der Waals surface area contributed by atoms with Gasteiger partial charge >= 0.3 is 0 Å². The zero-order chi connectivity index (χ0) is 14.6. The van der Waals surface area contributed by atoms with Gasteiger partial charge in [-0.15, -0.1) is 0 Å². The van der Waals surface area contributed by atoms with Crippen molar-refractivity contribution in [2.75, 3.05) is 18.1 Å². The maximum Gasteiger partial charge on any atom is 0.175 e. The van der Waals surface area contributed by atoms with E-state index >= 15 is 0 Å². The summed E-state index contributed by atoms with van der Waals surface area (Å²) in [4.78, 5) is 0.316. The average molecular weight is 297 g/mol. The number of rotatable bonds is 4. The lowest BCUT2D eigenvalue weighted by Crippen LogP contribution is -2.36. The SMILES string of the molecule is CS(=O)(=O)c1ccc(NCC2(O)CCCCCC2)cc1. The molecule has 0 aromatic heterocycles. The molecule has 0 saturated heterocycles. The molecule has 0 spiro atoms. The molecular weight excluding hydrogens is 274 g/mol. The molecule has 1 aromatic carbocycles. The fraction of sp³-hybridized carbons (Fsp3) is 0.600. The first-order valence-electron chi connectivity index (χ1n) is 7.15. The molecule has 1 aliphatic rings. The van der Waals surface area contributed by atoms with Crippen LogP contribution >= 0.6 is 0 Å². The van der Waals surface area contributed by atoms with Crippen molar-refractivity contribution in [2.45, 2.75) is 49.0 Å². The number of hydrogen-bond donors (Lipinski definition) is 2. The quantitative estimate of drug-likeness (QED) is 0.838. The predicted octanol–water partition coefficient (Wildman–Crippen LogP) is 2.59. The van der Waals surface area contributed by atoms with E-state index in [4.69, 9.17) is 0 Å². The van der Waals surface area contributed by atoms with E-state index in [9.17, 15) is 13.5 Å². The van der Waals surface area contributed by atoms with Crippen LogP contribution in [0.5, 0.6) is 0 Å². The van der Waals surface area contributed by atoms with Gasteiger partial charge in [-0.2, -0.15) is 0 Å². The third-order valence-electron chi connectivity index (χ3n) is 3.94. The summed E-state index contributed by atoms with van der Waals surface area (Å²) in [6.07, 6.45) is 7.42. The Labute approximate surface area is 121 Å². The molecule has 112 valence electrons. The lowest BCUT2D eigenvalue weighted by atomic mass is 9.94. The van der Waals surface area contributed by atoms with Gasteiger partial charge in [-0.1, -0.05) is 25.7 Å². The zero-order valence-electron chi connectivity index (χ0n) is 11.9. The third-order valence-corrected chi connectivity index (χ3v) is 5.07. The second kappa shape index (κ2) is 6.14. The van der Waals surface area contributed by atoms with E-state index in [0.717, 1.165) is 31.4 Å². The van der Waals surface area contributed by atoms with Crippen molar-refractivity contribution < 1.29 is 13.5 Å². The first kappa shape index (κ1) is 15.3. The number of anilines is 1. The van der Waals surface area contributed by atoms with E-state index in [1.54, 1.807) is 24.3 Å². The molecule has 2 N–H and O–H groups in total. The first-order valence-corrected chi connectivity index (χ1v) is 9.05. The lowest BCUT2D eigenvalue weighted by Gasteiger charge is -2.27. The smallest absolute Gasteiger partial charge is 0.175 e. The highest BCUT2D eigenvalue weighted by Gasteiger charge is 2.27. The topological polar surface area (TPSA) is 66.4 Å². The van der Waals surface area contributed by atoms with E-state index in [1.807, 2.05) is 0 Å². The van der Waals surface area contributed by atoms with Gasteiger partial charge in [0.1, 0.15) is 0 Å². The van der Waals surface area contributed by atoms with Crippen LogP contribution in [-0.4, -0.2) is 31.9 Å². The molecule has 1 aromatic rings. The molecule has 0 heterocycles. The highest BCUT2D eigenvalue weighted by atomic mass is 32.2. The van der Waals surface area contributed by atoms with Crippen molar-refractivity contribution in [1.82, 2.24) is 0 Å². The van der Waals surface area contributed by atoms with Crippen LogP contribution in [0.4, 0.5) is 5.69 Å². The lowest BCUT2D eigenvalue weighted by molar-refractivity contribution is 0.0381. The molecule has 0 bridgehead atoms. The van der Waals surface area contributed by atoms with Gasteiger partial charge in [0.05, 0.1) is 10.5 Å². The van der Waals surface area contributed by atoms with E-state index < -0.39 is 15.4 Å². The molecule has 0 atom stereocenters. The Hall–Kier alpha value is -1.07. The van der Waals surface area contributed by atoms with Crippen molar-refractivity contribution in [1.29, 1.82) is 0 Å². The van der Waals surface area contributed by atoms with E-state index in [0.29, 0.717) is 11.4 Å². The fourth-order valence-electron chi connectivity index (χ4n) is 2.65. The predicted molar refractivity (Wildman–Crippen MR) is 80.7 cm³/mol. The number of sulfone groups is 1. The molecule has 0 unspecified atom stereocenters. The minimum atomic E-state index is -3.15. The summed E-state index contributed by atoms with van der Waals surface area (Å²) in [7, 11) is -3.15. The van der Waals surface area contributed by atoms with Gasteiger partial charge in [-0.25, -0.2) is 8.42 Å². The number of benzene rings is 1. The molecular formula is C15H23NO3S. The van der Waals surface area contributed by atoms with Gasteiger partial charge in [0.25, 0.3) is 0 Å². The molecule has 2 rings (SSSR count). The number of hydrogen-bond acceptors (Lipinski definition) is 4. The summed E-state index contributed by atoms with van der Waals surface area (Å²) in [5.41, 5.74) is 0.210. The molecule has 0 amide bonds. The Bertz CT molecular complexity index is 529. The Kier molecular flexibility index (Phi) is 4.70. The minimum Gasteiger partial charge on any atom is -0.388 e. The first-order chi connectivity index (χ1) is 9.39. The Morgan fingerprint density at radius 1 is 1.10 bits per heavy atom. The fourth-order valence-corrected chi connectivity index (χ4v) is 3.28. The molecule has 1 fully saturated rings. The van der Waals surface area contributed by atoms with Gasteiger partial charge in [0, 0.05) is 18.5 Å². The van der Waals surface area contributed by atoms with Crippen molar-refractivity contribution in [3.05, 3.63) is 24.3 Å². The van der Waals surface area contributed by atoms with Crippen molar-refractivity contribution >= 4 is 15.5 Å². The van der Waals surface area contributed by atoms with Gasteiger partial charge in [0.2, 0.25) is 0 Å².